The van der Waals surface area contributed by atoms with E-state index in [0.717, 1.165) is 28.5 Å². The number of rotatable bonds is 5. The number of aliphatic imine (C=N–C) groups is 1. The van der Waals surface area contributed by atoms with E-state index in [1.807, 2.05) is 0 Å². The second kappa shape index (κ2) is 10.4. The van der Waals surface area contributed by atoms with E-state index in [-0.39, 0.29) is 0 Å². The average Bonchev–Trinajstić information content (AvgIpc) is 3.33. The summed E-state index contributed by atoms with van der Waals surface area (Å²) in [6.07, 6.45) is 8.69. The van der Waals surface area contributed by atoms with Crippen LogP contribution < -0.4 is 5.32 Å². The van der Waals surface area contributed by atoms with E-state index in [2.05, 4.69) is 115 Å². The maximum Gasteiger partial charge on any atom is 0.0643 e. The van der Waals surface area contributed by atoms with Gasteiger partial charge in [0.1, 0.15) is 0 Å². The summed E-state index contributed by atoms with van der Waals surface area (Å²) in [6, 6.07) is 25.7. The monoisotopic (exact) mass is 629 g/mol. The molecule has 0 radical (unpaired) electrons. The van der Waals surface area contributed by atoms with Gasteiger partial charge in [0.15, 0.2) is 0 Å². The zero-order valence-corrected chi connectivity index (χ0v) is 24.7. The Balaban J connectivity index is 1.21. The summed E-state index contributed by atoms with van der Waals surface area (Å²) in [6.45, 7) is 2.87. The summed E-state index contributed by atoms with van der Waals surface area (Å²) in [7, 11) is 0. The molecule has 2 fully saturated rings. The molecular weight excluding hydrogens is 598 g/mol. The fourth-order valence-corrected chi connectivity index (χ4v) is 7.91. The van der Waals surface area contributed by atoms with Gasteiger partial charge in [-0.25, -0.2) is 0 Å². The number of allylic oxidation sites excluding steroid dienone is 1. The molecule has 3 nitrogen and oxygen atoms in total. The minimum absolute atomic E-state index is 0.490. The van der Waals surface area contributed by atoms with Gasteiger partial charge in [-0.3, -0.25) is 9.89 Å². The topological polar surface area (TPSA) is 27.6 Å². The predicted molar refractivity (Wildman–Crippen MR) is 164 cm³/mol. The Hall–Kier alpha value is -2.21. The van der Waals surface area contributed by atoms with Gasteiger partial charge in [0.05, 0.1) is 6.54 Å². The molecule has 0 amide bonds. The third-order valence-electron chi connectivity index (χ3n) is 9.15. The Kier molecular flexibility index (Phi) is 6.79. The van der Waals surface area contributed by atoms with Crippen LogP contribution in [0.25, 0.3) is 0 Å². The first kappa shape index (κ1) is 24.8. The minimum Gasteiger partial charge on any atom is -0.381 e. The van der Waals surface area contributed by atoms with Gasteiger partial charge in [-0.15, -0.1) is 0 Å². The van der Waals surface area contributed by atoms with Gasteiger partial charge in [0, 0.05) is 44.9 Å². The smallest absolute Gasteiger partial charge is 0.0643 e. The van der Waals surface area contributed by atoms with E-state index in [4.69, 9.17) is 4.99 Å². The molecule has 2 saturated heterocycles. The lowest BCUT2D eigenvalue weighted by molar-refractivity contribution is 0.0957. The van der Waals surface area contributed by atoms with Crippen molar-refractivity contribution in [3.05, 3.63) is 110 Å². The van der Waals surface area contributed by atoms with E-state index < -0.39 is 0 Å². The fourth-order valence-electron chi connectivity index (χ4n) is 7.38. The summed E-state index contributed by atoms with van der Waals surface area (Å²) in [5.41, 5.74) is 9.90. The van der Waals surface area contributed by atoms with Gasteiger partial charge in [0.25, 0.3) is 0 Å². The molecule has 3 heterocycles. The normalized spacial score (nSPS) is 26.9. The Morgan fingerprint density at radius 2 is 1.63 bits per heavy atom. The lowest BCUT2D eigenvalue weighted by Gasteiger charge is -2.48. The number of halogens is 2. The van der Waals surface area contributed by atoms with Crippen LogP contribution in [0.3, 0.4) is 0 Å². The highest BCUT2D eigenvalue weighted by atomic mass is 79.9. The molecule has 194 valence electrons. The zero-order valence-electron chi connectivity index (χ0n) is 21.5. The molecule has 1 N–H and O–H groups in total. The van der Waals surface area contributed by atoms with Crippen LogP contribution in [0.15, 0.2) is 92.3 Å². The fraction of sp³-hybridized carbons (Fsp3) is 0.364. The van der Waals surface area contributed by atoms with Crippen LogP contribution in [0.5, 0.6) is 0 Å². The molecule has 8 rings (SSSR count). The van der Waals surface area contributed by atoms with E-state index in [0.29, 0.717) is 23.9 Å². The Bertz CT molecular complexity index is 1390. The molecule has 5 aliphatic rings. The summed E-state index contributed by atoms with van der Waals surface area (Å²) < 4.78 is 2.25. The molecule has 0 spiro atoms. The number of benzene rings is 3. The van der Waals surface area contributed by atoms with Crippen LogP contribution in [0, 0.1) is 5.92 Å². The quantitative estimate of drug-likeness (QED) is 0.307. The molecule has 3 aromatic rings. The molecule has 5 heteroatoms. The van der Waals surface area contributed by atoms with E-state index in [1.54, 1.807) is 16.7 Å². The Morgan fingerprint density at radius 3 is 2.42 bits per heavy atom. The van der Waals surface area contributed by atoms with Crippen LogP contribution >= 0.6 is 31.9 Å². The summed E-state index contributed by atoms with van der Waals surface area (Å²) >= 11 is 7.09. The Labute approximate surface area is 242 Å². The van der Waals surface area contributed by atoms with Crippen LogP contribution in [0.4, 0.5) is 5.69 Å². The molecule has 4 atom stereocenters. The van der Waals surface area contributed by atoms with Crippen molar-refractivity contribution in [1.82, 2.24) is 4.90 Å². The van der Waals surface area contributed by atoms with Crippen molar-refractivity contribution >= 4 is 43.3 Å². The van der Waals surface area contributed by atoms with Gasteiger partial charge in [-0.1, -0.05) is 67.8 Å². The summed E-state index contributed by atoms with van der Waals surface area (Å²) in [4.78, 5) is 8.01. The van der Waals surface area contributed by atoms with Crippen LogP contribution in [0.1, 0.15) is 53.9 Å². The highest BCUT2D eigenvalue weighted by molar-refractivity contribution is 9.10. The summed E-state index contributed by atoms with van der Waals surface area (Å²) in [5, 5.41) is 3.72. The van der Waals surface area contributed by atoms with Crippen molar-refractivity contribution in [3.8, 4) is 0 Å². The molecule has 2 aliphatic carbocycles. The van der Waals surface area contributed by atoms with Crippen molar-refractivity contribution in [2.24, 2.45) is 10.9 Å². The maximum atomic E-state index is 5.11. The van der Waals surface area contributed by atoms with Crippen LogP contribution in [-0.2, 0) is 19.5 Å². The third-order valence-corrected chi connectivity index (χ3v) is 10.2. The summed E-state index contributed by atoms with van der Waals surface area (Å²) in [5.74, 6) is 1.15. The number of piperidine rings is 1. The van der Waals surface area contributed by atoms with E-state index in [9.17, 15) is 0 Å². The molecule has 3 aliphatic heterocycles. The van der Waals surface area contributed by atoms with E-state index in [1.165, 1.54) is 54.8 Å². The van der Waals surface area contributed by atoms with Crippen molar-refractivity contribution in [2.45, 2.75) is 63.2 Å². The van der Waals surface area contributed by atoms with Crippen LogP contribution in [-0.4, -0.2) is 29.2 Å². The van der Waals surface area contributed by atoms with Crippen molar-refractivity contribution in [2.75, 3.05) is 11.9 Å². The molecular formula is C33H33Br2N3. The highest BCUT2D eigenvalue weighted by Crippen LogP contribution is 2.54. The van der Waals surface area contributed by atoms with E-state index >= 15 is 0 Å². The molecule has 0 saturated carbocycles. The maximum absolute atomic E-state index is 5.11. The van der Waals surface area contributed by atoms with Crippen LogP contribution in [0.2, 0.25) is 0 Å². The average molecular weight is 631 g/mol. The van der Waals surface area contributed by atoms with Gasteiger partial charge in [0.2, 0.25) is 0 Å². The first-order valence-corrected chi connectivity index (χ1v) is 15.6. The first-order valence-electron chi connectivity index (χ1n) is 14.0. The number of hydrogen-bond donors (Lipinski definition) is 1. The standard InChI is InChI=1S/C33H33Br2N3/c34-24-8-3-21(4-9-24)19-36-26-12-7-23-16-32-28-14-13-27(37-20-22-5-10-25(35)11-6-22)18-30(28)33(29(23)17-26)31-2-1-15-38(31)32/h3-12,17-18,28,31-33,36H,1-2,13-16,19-20H2/t28-,31+,32+,33+/m1/s1. The van der Waals surface area contributed by atoms with Gasteiger partial charge in [-0.2, -0.15) is 0 Å². The molecule has 38 heavy (non-hydrogen) atoms. The minimum atomic E-state index is 0.490. The number of nitrogens with one attached hydrogen (secondary N) is 1. The number of anilines is 1. The van der Waals surface area contributed by atoms with Gasteiger partial charge in [-0.05, 0) is 109 Å². The Morgan fingerprint density at radius 1 is 0.868 bits per heavy atom. The first-order chi connectivity index (χ1) is 18.6. The number of nitrogens with zero attached hydrogens (tertiary/aromatic N) is 2. The predicted octanol–water partition coefficient (Wildman–Crippen LogP) is 8.29. The van der Waals surface area contributed by atoms with Crippen molar-refractivity contribution < 1.29 is 0 Å². The highest BCUT2D eigenvalue weighted by Gasteiger charge is 2.51. The SMILES string of the molecule is Brc1ccc(CN=C2C=C3[C@@H](CC2)[C@@H]2Cc4ccc(NCc5ccc(Br)cc5)cc4[C@@H]3[C@@H]3CCCN23)cc1. The molecule has 0 aromatic heterocycles. The second-order valence-corrected chi connectivity index (χ2v) is 13.1. The van der Waals surface area contributed by atoms with Crippen molar-refractivity contribution in [1.29, 1.82) is 0 Å². The zero-order chi connectivity index (χ0) is 25.6. The number of hydrogen-bond acceptors (Lipinski definition) is 3. The molecule has 0 unspecified atom stereocenters. The van der Waals surface area contributed by atoms with Gasteiger partial charge < -0.3 is 5.32 Å². The lowest BCUT2D eigenvalue weighted by atomic mass is 9.69. The molecule has 3 aromatic carbocycles. The van der Waals surface area contributed by atoms with Gasteiger partial charge >= 0.3 is 0 Å². The van der Waals surface area contributed by atoms with Crippen molar-refractivity contribution in [3.63, 3.8) is 0 Å². The third kappa shape index (κ3) is 4.71. The second-order valence-electron chi connectivity index (χ2n) is 11.3. The molecule has 2 bridgehead atoms. The largest absolute Gasteiger partial charge is 0.381 e. The lowest BCUT2D eigenvalue weighted by Crippen LogP contribution is -2.52.